The van der Waals surface area contributed by atoms with Gasteiger partial charge in [0.2, 0.25) is 0 Å². The van der Waals surface area contributed by atoms with Crippen molar-refractivity contribution in [3.05, 3.63) is 41.1 Å². The number of nitrogens with two attached hydrogens (primary N) is 1. The second-order valence-corrected chi connectivity index (χ2v) is 3.90. The molecule has 2 rings (SSSR count). The number of carboxylic acids is 1. The molecule has 0 saturated heterocycles. The zero-order valence-electron chi connectivity index (χ0n) is 9.80. The largest absolute Gasteiger partial charge is 0.478 e. The molecule has 0 bridgehead atoms. The summed E-state index contributed by atoms with van der Waals surface area (Å²) in [5.74, 6) is -1.56. The number of nitrogens with zero attached hydrogens (tertiary/aromatic N) is 1. The molecular weight excluding hydrogens is 232 g/mol. The predicted octanol–water partition coefficient (Wildman–Crippen LogP) is 1.38. The third-order valence-corrected chi connectivity index (χ3v) is 2.75. The van der Waals surface area contributed by atoms with Gasteiger partial charge in [-0.05, 0) is 13.0 Å². The molecule has 2 aromatic rings. The summed E-state index contributed by atoms with van der Waals surface area (Å²) in [6, 6.07) is 6.83. The first-order chi connectivity index (χ1) is 8.56. The number of benzene rings is 1. The Hall–Kier alpha value is -2.27. The molecule has 0 atom stereocenters. The second-order valence-electron chi connectivity index (χ2n) is 3.90. The number of rotatable bonds is 3. The van der Waals surface area contributed by atoms with Crippen molar-refractivity contribution < 1.29 is 14.7 Å². The van der Waals surface area contributed by atoms with Gasteiger partial charge in [0.15, 0.2) is 5.78 Å². The first-order valence-corrected chi connectivity index (χ1v) is 5.42. The van der Waals surface area contributed by atoms with Crippen molar-refractivity contribution in [2.75, 3.05) is 6.54 Å². The Morgan fingerprint density at radius 3 is 2.56 bits per heavy atom. The smallest absolute Gasteiger partial charge is 0.337 e. The number of para-hydroxylation sites is 1. The normalized spacial score (nSPS) is 10.6. The lowest BCUT2D eigenvalue weighted by molar-refractivity contribution is 0.0694. The molecule has 0 unspecified atom stereocenters. The Morgan fingerprint density at radius 2 is 1.94 bits per heavy atom. The molecule has 0 aliphatic heterocycles. The molecule has 0 spiro atoms. The fraction of sp³-hybridized carbons (Fsp3) is 0.154. The molecule has 18 heavy (non-hydrogen) atoms. The molecule has 1 aromatic heterocycles. The average molecular weight is 244 g/mol. The number of fused-ring (bicyclic) bond motifs is 1. The molecule has 1 aromatic carbocycles. The highest BCUT2D eigenvalue weighted by atomic mass is 16.4. The molecule has 0 aliphatic carbocycles. The van der Waals surface area contributed by atoms with Gasteiger partial charge in [-0.15, -0.1) is 0 Å². The standard InChI is InChI=1S/C13H12N2O3/c1-7-11(10(16)6-14)12(13(17)18)8-4-2-3-5-9(8)15-7/h2-5H,6,14H2,1H3,(H,17,18). The fourth-order valence-corrected chi connectivity index (χ4v) is 2.00. The summed E-state index contributed by atoms with van der Waals surface area (Å²) in [4.78, 5) is 27.4. The Kier molecular flexibility index (Phi) is 3.08. The third kappa shape index (κ3) is 1.84. The van der Waals surface area contributed by atoms with E-state index in [1.807, 2.05) is 0 Å². The third-order valence-electron chi connectivity index (χ3n) is 2.75. The molecule has 0 saturated carbocycles. The number of hydrogen-bond acceptors (Lipinski definition) is 4. The van der Waals surface area contributed by atoms with Crippen LogP contribution in [0.5, 0.6) is 0 Å². The number of ketones is 1. The molecule has 0 amide bonds. The number of aryl methyl sites for hydroxylation is 1. The van der Waals surface area contributed by atoms with Gasteiger partial charge in [0.1, 0.15) is 0 Å². The predicted molar refractivity (Wildman–Crippen MR) is 66.8 cm³/mol. The second kappa shape index (κ2) is 4.54. The number of carboxylic acid groups (broad SMARTS) is 1. The Balaban J connectivity index is 2.92. The summed E-state index contributed by atoms with van der Waals surface area (Å²) in [6.45, 7) is 1.38. The molecule has 3 N–H and O–H groups in total. The van der Waals surface area contributed by atoms with Crippen molar-refractivity contribution in [3.63, 3.8) is 0 Å². The summed E-state index contributed by atoms with van der Waals surface area (Å²) in [5, 5.41) is 9.76. The van der Waals surface area contributed by atoms with Crippen LogP contribution in [-0.2, 0) is 0 Å². The van der Waals surface area contributed by atoms with Gasteiger partial charge in [-0.3, -0.25) is 9.78 Å². The maximum atomic E-state index is 11.8. The number of Topliss-reactive ketones (excluding diaryl/α,β-unsaturated/α-hetero) is 1. The molecule has 5 heteroatoms. The van der Waals surface area contributed by atoms with E-state index in [-0.39, 0.29) is 17.7 Å². The molecule has 1 heterocycles. The minimum absolute atomic E-state index is 0.0199. The van der Waals surface area contributed by atoms with E-state index in [1.54, 1.807) is 31.2 Å². The van der Waals surface area contributed by atoms with E-state index in [2.05, 4.69) is 4.98 Å². The van der Waals surface area contributed by atoms with E-state index in [4.69, 9.17) is 5.73 Å². The molecular formula is C13H12N2O3. The summed E-state index contributed by atoms with van der Waals surface area (Å²) in [5.41, 5.74) is 6.34. The van der Waals surface area contributed by atoms with Crippen molar-refractivity contribution in [1.29, 1.82) is 0 Å². The van der Waals surface area contributed by atoms with Gasteiger partial charge in [-0.25, -0.2) is 4.79 Å². The molecule has 0 fully saturated rings. The van der Waals surface area contributed by atoms with Gasteiger partial charge >= 0.3 is 5.97 Å². The van der Waals surface area contributed by atoms with Crippen LogP contribution in [0.15, 0.2) is 24.3 Å². The topological polar surface area (TPSA) is 93.3 Å². The SMILES string of the molecule is Cc1nc2ccccc2c(C(=O)O)c1C(=O)CN. The summed E-state index contributed by atoms with van der Waals surface area (Å²) in [6.07, 6.45) is 0. The van der Waals surface area contributed by atoms with Gasteiger partial charge in [0.25, 0.3) is 0 Å². The van der Waals surface area contributed by atoms with Crippen LogP contribution in [0.4, 0.5) is 0 Å². The molecule has 92 valence electrons. The van der Waals surface area contributed by atoms with Crippen LogP contribution < -0.4 is 5.73 Å². The zero-order chi connectivity index (χ0) is 13.3. The number of carbonyl (C=O) groups is 2. The summed E-state index contributed by atoms with van der Waals surface area (Å²) < 4.78 is 0. The highest BCUT2D eigenvalue weighted by Gasteiger charge is 2.22. The van der Waals surface area contributed by atoms with E-state index in [0.717, 1.165) is 0 Å². The van der Waals surface area contributed by atoms with E-state index in [0.29, 0.717) is 16.6 Å². The quantitative estimate of drug-likeness (QED) is 0.795. The lowest BCUT2D eigenvalue weighted by Crippen LogP contribution is -2.20. The Morgan fingerprint density at radius 1 is 1.28 bits per heavy atom. The van der Waals surface area contributed by atoms with Crippen LogP contribution in [0.3, 0.4) is 0 Å². The van der Waals surface area contributed by atoms with Crippen molar-refractivity contribution in [2.24, 2.45) is 5.73 Å². The summed E-state index contributed by atoms with van der Waals surface area (Å²) in [7, 11) is 0. The van der Waals surface area contributed by atoms with Gasteiger partial charge in [-0.2, -0.15) is 0 Å². The molecule has 0 radical (unpaired) electrons. The van der Waals surface area contributed by atoms with Crippen LogP contribution in [0, 0.1) is 6.92 Å². The first-order valence-electron chi connectivity index (χ1n) is 5.42. The minimum Gasteiger partial charge on any atom is -0.478 e. The number of carbonyl (C=O) groups excluding carboxylic acids is 1. The van der Waals surface area contributed by atoms with Gasteiger partial charge in [-0.1, -0.05) is 18.2 Å². The van der Waals surface area contributed by atoms with Crippen molar-refractivity contribution in [2.45, 2.75) is 6.92 Å². The molecule has 0 aliphatic rings. The van der Waals surface area contributed by atoms with Gasteiger partial charge < -0.3 is 10.8 Å². The lowest BCUT2D eigenvalue weighted by atomic mass is 9.97. The van der Waals surface area contributed by atoms with Crippen LogP contribution >= 0.6 is 0 Å². The number of hydrogen-bond donors (Lipinski definition) is 2. The maximum Gasteiger partial charge on any atom is 0.337 e. The van der Waals surface area contributed by atoms with E-state index in [9.17, 15) is 14.7 Å². The average Bonchev–Trinajstić information content (AvgIpc) is 2.35. The number of pyridine rings is 1. The van der Waals surface area contributed by atoms with Crippen LogP contribution in [0.2, 0.25) is 0 Å². The highest BCUT2D eigenvalue weighted by Crippen LogP contribution is 2.23. The van der Waals surface area contributed by atoms with E-state index >= 15 is 0 Å². The Bertz CT molecular complexity index is 650. The lowest BCUT2D eigenvalue weighted by Gasteiger charge is -2.10. The van der Waals surface area contributed by atoms with Crippen LogP contribution in [-0.4, -0.2) is 28.4 Å². The van der Waals surface area contributed by atoms with E-state index < -0.39 is 11.8 Å². The van der Waals surface area contributed by atoms with Gasteiger partial charge in [0, 0.05) is 11.1 Å². The summed E-state index contributed by atoms with van der Waals surface area (Å²) >= 11 is 0. The fourth-order valence-electron chi connectivity index (χ4n) is 2.00. The van der Waals surface area contributed by atoms with Crippen molar-refractivity contribution in [1.82, 2.24) is 4.98 Å². The number of aromatic carboxylic acids is 1. The van der Waals surface area contributed by atoms with Gasteiger partial charge in [0.05, 0.1) is 23.2 Å². The van der Waals surface area contributed by atoms with Crippen LogP contribution in [0.25, 0.3) is 10.9 Å². The molecule has 5 nitrogen and oxygen atoms in total. The monoisotopic (exact) mass is 244 g/mol. The van der Waals surface area contributed by atoms with Crippen molar-refractivity contribution >= 4 is 22.7 Å². The maximum absolute atomic E-state index is 11.8. The van der Waals surface area contributed by atoms with Crippen LogP contribution in [0.1, 0.15) is 26.4 Å². The highest BCUT2D eigenvalue weighted by molar-refractivity contribution is 6.14. The van der Waals surface area contributed by atoms with E-state index in [1.165, 1.54) is 0 Å². The first kappa shape index (κ1) is 12.2. The minimum atomic E-state index is -1.14. The Labute approximate surface area is 103 Å². The zero-order valence-corrected chi connectivity index (χ0v) is 9.80. The number of aromatic nitrogens is 1. The van der Waals surface area contributed by atoms with Crippen molar-refractivity contribution in [3.8, 4) is 0 Å².